The zero-order valence-electron chi connectivity index (χ0n) is 9.52. The van der Waals surface area contributed by atoms with Crippen LogP contribution in [0.15, 0.2) is 33.6 Å². The lowest BCUT2D eigenvalue weighted by Crippen LogP contribution is -2.30. The van der Waals surface area contributed by atoms with Crippen LogP contribution in [-0.2, 0) is 4.74 Å². The molecule has 0 radical (unpaired) electrons. The molecule has 0 aliphatic carbocycles. The lowest BCUT2D eigenvalue weighted by molar-refractivity contribution is 0.0455. The van der Waals surface area contributed by atoms with Crippen LogP contribution in [0, 0.1) is 0 Å². The number of rotatable bonds is 3. The number of hydrogen-bond acceptors (Lipinski definition) is 4. The van der Waals surface area contributed by atoms with Crippen LogP contribution in [0.25, 0.3) is 11.3 Å². The van der Waals surface area contributed by atoms with Gasteiger partial charge < -0.3 is 10.5 Å². The molecule has 1 aliphatic rings. The van der Waals surface area contributed by atoms with Crippen molar-refractivity contribution in [1.82, 2.24) is 10.2 Å². The van der Waals surface area contributed by atoms with Crippen molar-refractivity contribution >= 4 is 33.5 Å². The molecule has 0 spiro atoms. The molecule has 0 unspecified atom stereocenters. The predicted molar refractivity (Wildman–Crippen MR) is 76.6 cm³/mol. The Morgan fingerprint density at radius 1 is 1.39 bits per heavy atom. The van der Waals surface area contributed by atoms with Crippen molar-refractivity contribution in [2.75, 3.05) is 18.9 Å². The maximum absolute atomic E-state index is 5.60. The highest BCUT2D eigenvalue weighted by Gasteiger charge is 2.20. The number of benzene rings is 1. The number of ether oxygens (including phenoxy) is 1. The second-order valence-electron chi connectivity index (χ2n) is 4.13. The summed E-state index contributed by atoms with van der Waals surface area (Å²) in [6.45, 7) is 1.69. The summed E-state index contributed by atoms with van der Waals surface area (Å²) in [5.41, 5.74) is 7.60. The van der Waals surface area contributed by atoms with Crippen LogP contribution in [0.1, 0.15) is 0 Å². The number of aromatic nitrogens is 2. The molecule has 1 aromatic carbocycles. The fourth-order valence-electron chi connectivity index (χ4n) is 1.71. The molecule has 1 fully saturated rings. The number of hydrogen-bond donors (Lipinski definition) is 2. The van der Waals surface area contributed by atoms with Gasteiger partial charge in [-0.25, -0.2) is 0 Å². The van der Waals surface area contributed by atoms with Crippen molar-refractivity contribution < 1.29 is 4.74 Å². The molecule has 1 aromatic heterocycles. The first-order chi connectivity index (χ1) is 8.72. The summed E-state index contributed by atoms with van der Waals surface area (Å²) in [6.07, 6.45) is 0. The number of anilines is 1. The first-order valence-corrected chi connectivity index (χ1v) is 7.25. The van der Waals surface area contributed by atoms with Crippen LogP contribution < -0.4 is 5.73 Å². The van der Waals surface area contributed by atoms with Gasteiger partial charge in [0.25, 0.3) is 0 Å². The first kappa shape index (κ1) is 12.1. The lowest BCUT2D eigenvalue weighted by Gasteiger charge is -2.25. The molecule has 0 bridgehead atoms. The highest BCUT2D eigenvalue weighted by Crippen LogP contribution is 2.35. The van der Waals surface area contributed by atoms with E-state index in [1.165, 1.54) is 4.90 Å². The van der Waals surface area contributed by atoms with E-state index in [9.17, 15) is 0 Å². The van der Waals surface area contributed by atoms with Crippen LogP contribution in [0.5, 0.6) is 0 Å². The average Bonchev–Trinajstić information content (AvgIpc) is 2.72. The molecule has 1 aliphatic heterocycles. The van der Waals surface area contributed by atoms with Gasteiger partial charge in [-0.1, -0.05) is 6.07 Å². The third-order valence-electron chi connectivity index (χ3n) is 2.74. The fraction of sp³-hybridized carbons (Fsp3) is 0.250. The topological polar surface area (TPSA) is 63.9 Å². The molecule has 18 heavy (non-hydrogen) atoms. The third kappa shape index (κ3) is 2.41. The van der Waals surface area contributed by atoms with Crippen LogP contribution >= 0.6 is 27.7 Å². The molecule has 3 rings (SSSR count). The monoisotopic (exact) mass is 325 g/mol. The Kier molecular flexibility index (Phi) is 3.32. The summed E-state index contributed by atoms with van der Waals surface area (Å²) in [7, 11) is 0. The lowest BCUT2D eigenvalue weighted by atomic mass is 10.1. The Hall–Kier alpha value is -0.980. The maximum atomic E-state index is 5.60. The molecule has 0 saturated carbocycles. The smallest absolute Gasteiger partial charge is 0.145 e. The van der Waals surface area contributed by atoms with Crippen molar-refractivity contribution in [3.63, 3.8) is 0 Å². The van der Waals surface area contributed by atoms with Crippen molar-refractivity contribution in [2.24, 2.45) is 0 Å². The average molecular weight is 326 g/mol. The highest BCUT2D eigenvalue weighted by molar-refractivity contribution is 9.10. The summed E-state index contributed by atoms with van der Waals surface area (Å²) in [6, 6.07) is 8.09. The molecule has 2 heterocycles. The molecule has 3 N–H and O–H groups in total. The normalized spacial score (nSPS) is 15.6. The first-order valence-electron chi connectivity index (χ1n) is 5.57. The zero-order valence-corrected chi connectivity index (χ0v) is 11.9. The third-order valence-corrected chi connectivity index (χ3v) is 4.88. The molecular formula is C12H12BrN3OS. The van der Waals surface area contributed by atoms with Gasteiger partial charge in [0.2, 0.25) is 0 Å². The van der Waals surface area contributed by atoms with Gasteiger partial charge in [-0.05, 0) is 28.1 Å². The molecule has 2 aromatic rings. The van der Waals surface area contributed by atoms with Crippen molar-refractivity contribution in [1.29, 1.82) is 0 Å². The van der Waals surface area contributed by atoms with Crippen LogP contribution in [0.3, 0.4) is 0 Å². The van der Waals surface area contributed by atoms with E-state index in [4.69, 9.17) is 10.5 Å². The number of halogens is 1. The molecule has 1 saturated heterocycles. The van der Waals surface area contributed by atoms with Gasteiger partial charge in [-0.2, -0.15) is 5.10 Å². The molecule has 0 atom stereocenters. The van der Waals surface area contributed by atoms with Crippen LogP contribution in [0.4, 0.5) is 5.82 Å². The maximum Gasteiger partial charge on any atom is 0.145 e. The number of nitrogen functional groups attached to an aromatic ring is 1. The van der Waals surface area contributed by atoms with E-state index in [-0.39, 0.29) is 0 Å². The van der Waals surface area contributed by atoms with Gasteiger partial charge in [-0.3, -0.25) is 5.10 Å². The minimum absolute atomic E-state index is 0.506. The predicted octanol–water partition coefficient (Wildman–Crippen LogP) is 2.91. The molecule has 4 nitrogen and oxygen atoms in total. The number of H-pyrrole nitrogens is 1. The Morgan fingerprint density at radius 2 is 2.22 bits per heavy atom. The summed E-state index contributed by atoms with van der Waals surface area (Å²) in [5, 5.41) is 7.42. The van der Waals surface area contributed by atoms with E-state index in [1.54, 1.807) is 0 Å². The summed E-state index contributed by atoms with van der Waals surface area (Å²) < 4.78 is 6.27. The Balaban J connectivity index is 1.83. The fourth-order valence-corrected chi connectivity index (χ4v) is 3.38. The van der Waals surface area contributed by atoms with Crippen molar-refractivity contribution in [3.8, 4) is 11.3 Å². The van der Waals surface area contributed by atoms with Crippen LogP contribution in [-0.4, -0.2) is 28.7 Å². The molecular weight excluding hydrogens is 314 g/mol. The van der Waals surface area contributed by atoms with Gasteiger partial charge in [0, 0.05) is 21.0 Å². The number of thioether (sulfide) groups is 1. The zero-order chi connectivity index (χ0) is 12.5. The summed E-state index contributed by atoms with van der Waals surface area (Å²) in [5.74, 6) is 0.506. The second-order valence-corrected chi connectivity index (χ2v) is 6.33. The molecule has 0 amide bonds. The number of nitrogens with two attached hydrogens (primary N) is 1. The molecule has 6 heteroatoms. The number of nitrogens with zero attached hydrogens (tertiary/aromatic N) is 1. The van der Waals surface area contributed by atoms with E-state index in [1.807, 2.05) is 17.8 Å². The van der Waals surface area contributed by atoms with Gasteiger partial charge in [-0.15, -0.1) is 11.8 Å². The summed E-state index contributed by atoms with van der Waals surface area (Å²) in [4.78, 5) is 1.24. The minimum atomic E-state index is 0.506. The Bertz CT molecular complexity index is 568. The largest absolute Gasteiger partial charge is 0.382 e. The van der Waals surface area contributed by atoms with E-state index in [2.05, 4.69) is 44.3 Å². The van der Waals surface area contributed by atoms with E-state index < -0.39 is 0 Å². The van der Waals surface area contributed by atoms with E-state index in [0.29, 0.717) is 11.1 Å². The van der Waals surface area contributed by atoms with E-state index >= 15 is 0 Å². The van der Waals surface area contributed by atoms with Crippen molar-refractivity contribution in [2.45, 2.75) is 10.1 Å². The minimum Gasteiger partial charge on any atom is -0.382 e. The SMILES string of the molecule is Nc1cc(-c2ccc(SC3COC3)c(Br)c2)[nH]n1. The number of aromatic amines is 1. The standard InChI is InChI=1S/C12H12BrN3OS/c13-9-3-7(10-4-12(14)16-15-10)1-2-11(9)18-8-5-17-6-8/h1-4,8H,5-6H2,(H3,14,15,16). The second kappa shape index (κ2) is 4.95. The van der Waals surface area contributed by atoms with Gasteiger partial charge >= 0.3 is 0 Å². The Morgan fingerprint density at radius 3 is 2.78 bits per heavy atom. The van der Waals surface area contributed by atoms with Crippen molar-refractivity contribution in [3.05, 3.63) is 28.7 Å². The van der Waals surface area contributed by atoms with Gasteiger partial charge in [0.15, 0.2) is 0 Å². The Labute approximate surface area is 117 Å². The van der Waals surface area contributed by atoms with E-state index in [0.717, 1.165) is 28.9 Å². The van der Waals surface area contributed by atoms with Gasteiger partial charge in [0.05, 0.1) is 24.2 Å². The van der Waals surface area contributed by atoms with Crippen LogP contribution in [0.2, 0.25) is 0 Å². The number of nitrogens with one attached hydrogen (secondary N) is 1. The quantitative estimate of drug-likeness (QED) is 0.910. The van der Waals surface area contributed by atoms with Gasteiger partial charge in [0.1, 0.15) is 5.82 Å². The highest BCUT2D eigenvalue weighted by atomic mass is 79.9. The molecule has 94 valence electrons. The summed E-state index contributed by atoms with van der Waals surface area (Å²) >= 11 is 5.45.